The van der Waals surface area contributed by atoms with E-state index in [0.717, 1.165) is 17.0 Å². The zero-order valence-corrected chi connectivity index (χ0v) is 12.5. The number of rotatable bonds is 4. The molecule has 2 bridgehead atoms. The molecule has 1 saturated carbocycles. The Bertz CT molecular complexity index is 613. The number of thioether (sulfide) groups is 1. The molecule has 5 heteroatoms. The minimum absolute atomic E-state index is 0.000724. The lowest BCUT2D eigenvalue weighted by Crippen LogP contribution is -2.36. The number of benzene rings is 1. The molecule has 1 fully saturated rings. The third kappa shape index (κ3) is 2.58. The summed E-state index contributed by atoms with van der Waals surface area (Å²) in [6.45, 7) is 0. The molecule has 4 atom stereocenters. The number of carboxylic acid groups (broad SMARTS) is 1. The van der Waals surface area contributed by atoms with Gasteiger partial charge in [0.1, 0.15) is 0 Å². The van der Waals surface area contributed by atoms with Gasteiger partial charge in [0.25, 0.3) is 0 Å². The molecule has 4 nitrogen and oxygen atoms in total. The minimum atomic E-state index is -0.870. The van der Waals surface area contributed by atoms with Crippen molar-refractivity contribution >= 4 is 29.3 Å². The Morgan fingerprint density at radius 1 is 1.24 bits per heavy atom. The molecule has 2 N–H and O–H groups in total. The predicted octanol–water partition coefficient (Wildman–Crippen LogP) is 2.87. The highest BCUT2D eigenvalue weighted by Crippen LogP contribution is 2.48. The van der Waals surface area contributed by atoms with E-state index in [2.05, 4.69) is 5.32 Å². The maximum absolute atomic E-state index is 12.5. The van der Waals surface area contributed by atoms with E-state index in [-0.39, 0.29) is 17.7 Å². The van der Waals surface area contributed by atoms with Crippen LogP contribution >= 0.6 is 11.8 Å². The maximum Gasteiger partial charge on any atom is 0.307 e. The minimum Gasteiger partial charge on any atom is -0.481 e. The van der Waals surface area contributed by atoms with E-state index < -0.39 is 17.8 Å². The SMILES string of the molecule is CSc1cccc(NC(=O)[C@H]2C3C=CC(C3)[C@H]2C(=O)O)c1. The van der Waals surface area contributed by atoms with Crippen LogP contribution in [0.2, 0.25) is 0 Å². The number of nitrogens with one attached hydrogen (secondary N) is 1. The highest BCUT2D eigenvalue weighted by atomic mass is 32.2. The van der Waals surface area contributed by atoms with E-state index in [1.807, 2.05) is 42.7 Å². The first-order chi connectivity index (χ1) is 10.1. The Morgan fingerprint density at radius 2 is 1.95 bits per heavy atom. The number of hydrogen-bond acceptors (Lipinski definition) is 3. The molecule has 0 spiro atoms. The first kappa shape index (κ1) is 14.2. The maximum atomic E-state index is 12.5. The van der Waals surface area contributed by atoms with Gasteiger partial charge in [0.15, 0.2) is 0 Å². The summed E-state index contributed by atoms with van der Waals surface area (Å²) >= 11 is 1.60. The van der Waals surface area contributed by atoms with Gasteiger partial charge in [-0.15, -0.1) is 11.8 Å². The fourth-order valence-corrected chi connectivity index (χ4v) is 3.90. The third-order valence-electron chi connectivity index (χ3n) is 4.38. The largest absolute Gasteiger partial charge is 0.481 e. The quantitative estimate of drug-likeness (QED) is 0.663. The second kappa shape index (κ2) is 5.56. The van der Waals surface area contributed by atoms with Crippen LogP contribution in [-0.2, 0) is 9.59 Å². The van der Waals surface area contributed by atoms with Crippen LogP contribution in [0.1, 0.15) is 6.42 Å². The van der Waals surface area contributed by atoms with Crippen molar-refractivity contribution in [2.75, 3.05) is 11.6 Å². The van der Waals surface area contributed by atoms with Crippen LogP contribution in [0.15, 0.2) is 41.3 Å². The molecule has 110 valence electrons. The van der Waals surface area contributed by atoms with Crippen molar-refractivity contribution in [1.82, 2.24) is 0 Å². The molecular formula is C16H17NO3S. The summed E-state index contributed by atoms with van der Waals surface area (Å²) < 4.78 is 0. The molecule has 3 rings (SSSR count). The lowest BCUT2D eigenvalue weighted by molar-refractivity contribution is -0.146. The summed E-state index contributed by atoms with van der Waals surface area (Å²) in [6, 6.07) is 7.59. The Labute approximate surface area is 127 Å². The first-order valence-corrected chi connectivity index (χ1v) is 8.18. The van der Waals surface area contributed by atoms with Gasteiger partial charge in [0, 0.05) is 10.6 Å². The van der Waals surface area contributed by atoms with Gasteiger partial charge in [-0.05, 0) is 42.7 Å². The summed E-state index contributed by atoms with van der Waals surface area (Å²) in [4.78, 5) is 25.0. The molecule has 0 aromatic heterocycles. The number of carbonyl (C=O) groups is 2. The summed E-state index contributed by atoms with van der Waals surface area (Å²) in [6.07, 6.45) is 6.69. The molecule has 2 aliphatic carbocycles. The van der Waals surface area contributed by atoms with Crippen LogP contribution in [0.25, 0.3) is 0 Å². The van der Waals surface area contributed by atoms with Crippen molar-refractivity contribution in [2.24, 2.45) is 23.7 Å². The van der Waals surface area contributed by atoms with Gasteiger partial charge in [-0.3, -0.25) is 9.59 Å². The van der Waals surface area contributed by atoms with Gasteiger partial charge in [-0.2, -0.15) is 0 Å². The predicted molar refractivity (Wildman–Crippen MR) is 82.2 cm³/mol. The van der Waals surface area contributed by atoms with Crippen LogP contribution in [0, 0.1) is 23.7 Å². The van der Waals surface area contributed by atoms with Crippen LogP contribution < -0.4 is 5.32 Å². The van der Waals surface area contributed by atoms with E-state index in [1.54, 1.807) is 11.8 Å². The van der Waals surface area contributed by atoms with Crippen molar-refractivity contribution in [2.45, 2.75) is 11.3 Å². The number of aliphatic carboxylic acids is 1. The molecule has 0 saturated heterocycles. The molecule has 0 heterocycles. The molecule has 0 radical (unpaired) electrons. The second-order valence-electron chi connectivity index (χ2n) is 5.56. The molecular weight excluding hydrogens is 286 g/mol. The zero-order valence-electron chi connectivity index (χ0n) is 11.7. The molecule has 1 amide bonds. The van der Waals surface area contributed by atoms with Gasteiger partial charge in [0.2, 0.25) is 5.91 Å². The molecule has 21 heavy (non-hydrogen) atoms. The normalized spacial score (nSPS) is 29.6. The van der Waals surface area contributed by atoms with Crippen molar-refractivity contribution in [3.8, 4) is 0 Å². The Kier molecular flexibility index (Phi) is 3.76. The smallest absolute Gasteiger partial charge is 0.307 e. The first-order valence-electron chi connectivity index (χ1n) is 6.96. The highest BCUT2D eigenvalue weighted by molar-refractivity contribution is 7.98. The Morgan fingerprint density at radius 3 is 2.62 bits per heavy atom. The molecule has 0 aliphatic heterocycles. The van der Waals surface area contributed by atoms with Crippen LogP contribution in [0.5, 0.6) is 0 Å². The van der Waals surface area contributed by atoms with Crippen LogP contribution in [0.4, 0.5) is 5.69 Å². The number of carbonyl (C=O) groups excluding carboxylic acids is 1. The second-order valence-corrected chi connectivity index (χ2v) is 6.44. The van der Waals surface area contributed by atoms with Crippen LogP contribution in [0.3, 0.4) is 0 Å². The number of amides is 1. The number of hydrogen-bond donors (Lipinski definition) is 2. The third-order valence-corrected chi connectivity index (χ3v) is 5.11. The number of allylic oxidation sites excluding steroid dienone is 2. The van der Waals surface area contributed by atoms with E-state index in [1.165, 1.54) is 0 Å². The topological polar surface area (TPSA) is 66.4 Å². The highest BCUT2D eigenvalue weighted by Gasteiger charge is 2.51. The number of anilines is 1. The van der Waals surface area contributed by atoms with Gasteiger partial charge in [-0.1, -0.05) is 18.2 Å². The van der Waals surface area contributed by atoms with Crippen molar-refractivity contribution in [3.63, 3.8) is 0 Å². The van der Waals surface area contributed by atoms with E-state index in [9.17, 15) is 14.7 Å². The van der Waals surface area contributed by atoms with Crippen molar-refractivity contribution in [1.29, 1.82) is 0 Å². The van der Waals surface area contributed by atoms with E-state index in [0.29, 0.717) is 0 Å². The summed E-state index contributed by atoms with van der Waals surface area (Å²) in [7, 11) is 0. The Balaban J connectivity index is 1.78. The van der Waals surface area contributed by atoms with Gasteiger partial charge in [0.05, 0.1) is 11.8 Å². The summed E-state index contributed by atoms with van der Waals surface area (Å²) in [5.41, 5.74) is 0.725. The fraction of sp³-hybridized carbons (Fsp3) is 0.375. The lowest BCUT2D eigenvalue weighted by Gasteiger charge is -2.23. The zero-order chi connectivity index (χ0) is 15.0. The molecule has 1 aromatic rings. The lowest BCUT2D eigenvalue weighted by atomic mass is 9.82. The van der Waals surface area contributed by atoms with Gasteiger partial charge < -0.3 is 10.4 Å². The monoisotopic (exact) mass is 303 g/mol. The Hall–Kier alpha value is -1.75. The molecule has 2 unspecified atom stereocenters. The van der Waals surface area contributed by atoms with Gasteiger partial charge >= 0.3 is 5.97 Å². The van der Waals surface area contributed by atoms with E-state index >= 15 is 0 Å². The molecule has 1 aromatic carbocycles. The number of carboxylic acids is 1. The number of fused-ring (bicyclic) bond motifs is 2. The van der Waals surface area contributed by atoms with Crippen molar-refractivity contribution in [3.05, 3.63) is 36.4 Å². The summed E-state index contributed by atoms with van der Waals surface area (Å²) in [5, 5.41) is 12.3. The van der Waals surface area contributed by atoms with Crippen LogP contribution in [-0.4, -0.2) is 23.2 Å². The molecule has 2 aliphatic rings. The fourth-order valence-electron chi connectivity index (χ4n) is 3.44. The van der Waals surface area contributed by atoms with Crippen molar-refractivity contribution < 1.29 is 14.7 Å². The van der Waals surface area contributed by atoms with Gasteiger partial charge in [-0.25, -0.2) is 0 Å². The standard InChI is InChI=1S/C16H17NO3S/c1-21-12-4-2-3-11(8-12)17-15(18)13-9-5-6-10(7-9)14(13)16(19)20/h2-6,8-10,13-14H,7H2,1H3,(H,17,18)(H,19,20)/t9?,10?,13-,14+/m0/s1. The summed E-state index contributed by atoms with van der Waals surface area (Å²) in [5.74, 6) is -2.05. The average molecular weight is 303 g/mol. The average Bonchev–Trinajstić information content (AvgIpc) is 3.07. The van der Waals surface area contributed by atoms with E-state index in [4.69, 9.17) is 0 Å².